The Hall–Kier alpha value is -1.17. The fourth-order valence-corrected chi connectivity index (χ4v) is 3.37. The number of hydrogen-bond acceptors (Lipinski definition) is 2. The summed E-state index contributed by atoms with van der Waals surface area (Å²) in [5.74, 6) is 0. The maximum Gasteiger partial charge on any atom is 0.240 e. The number of benzene rings is 2. The van der Waals surface area contributed by atoms with Crippen molar-refractivity contribution in [3.8, 4) is 0 Å². The van der Waals surface area contributed by atoms with E-state index in [2.05, 4.69) is 20.7 Å². The molecule has 0 amide bonds. The Kier molecular flexibility index (Phi) is 5.19. The predicted molar refractivity (Wildman–Crippen MR) is 89.0 cm³/mol. The van der Waals surface area contributed by atoms with Gasteiger partial charge in [-0.2, -0.15) is 0 Å². The highest BCUT2D eigenvalue weighted by atomic mass is 79.9. The summed E-state index contributed by atoms with van der Waals surface area (Å²) in [6, 6.07) is 13.0. The molecule has 0 aliphatic heterocycles. The first-order valence-corrected chi connectivity index (χ1v) is 9.23. The smallest absolute Gasteiger partial charge is 0.207 e. The predicted octanol–water partition coefficient (Wildman–Crippen LogP) is 3.68. The van der Waals surface area contributed by atoms with E-state index in [9.17, 15) is 8.42 Å². The van der Waals surface area contributed by atoms with Gasteiger partial charge in [0.2, 0.25) is 10.0 Å². The third-order valence-electron chi connectivity index (χ3n) is 3.43. The van der Waals surface area contributed by atoms with Crippen molar-refractivity contribution in [1.82, 2.24) is 4.72 Å². The highest BCUT2D eigenvalue weighted by Crippen LogP contribution is 2.15. The molecule has 0 aromatic heterocycles. The Labute approximate surface area is 134 Å². The molecule has 2 aromatic carbocycles. The second-order valence-corrected chi connectivity index (χ2v) is 7.35. The van der Waals surface area contributed by atoms with Gasteiger partial charge in [-0.15, -0.1) is 0 Å². The first-order valence-electron chi connectivity index (χ1n) is 6.63. The summed E-state index contributed by atoms with van der Waals surface area (Å²) in [6.07, 6.45) is 0. The fraction of sp³-hybridized carbons (Fsp3) is 0.250. The van der Waals surface area contributed by atoms with Crippen molar-refractivity contribution < 1.29 is 8.42 Å². The Morgan fingerprint density at radius 1 is 0.952 bits per heavy atom. The number of rotatable bonds is 5. The highest BCUT2D eigenvalue weighted by molar-refractivity contribution is 9.08. The van der Waals surface area contributed by atoms with Gasteiger partial charge < -0.3 is 0 Å². The highest BCUT2D eigenvalue weighted by Gasteiger charge is 2.14. The summed E-state index contributed by atoms with van der Waals surface area (Å²) in [7, 11) is -3.47. The van der Waals surface area contributed by atoms with E-state index in [1.165, 1.54) is 0 Å². The molecule has 0 aliphatic carbocycles. The van der Waals surface area contributed by atoms with Gasteiger partial charge in [0.05, 0.1) is 4.90 Å². The minimum absolute atomic E-state index is 0.290. The summed E-state index contributed by atoms with van der Waals surface area (Å²) in [5, 5.41) is 0.793. The molecule has 0 unspecified atom stereocenters. The van der Waals surface area contributed by atoms with E-state index in [0.29, 0.717) is 4.90 Å². The molecule has 0 spiro atoms. The lowest BCUT2D eigenvalue weighted by Gasteiger charge is -2.09. The van der Waals surface area contributed by atoms with Gasteiger partial charge in [0.1, 0.15) is 0 Å². The van der Waals surface area contributed by atoms with Crippen LogP contribution >= 0.6 is 15.9 Å². The molecule has 21 heavy (non-hydrogen) atoms. The molecule has 0 atom stereocenters. The fourth-order valence-electron chi connectivity index (χ4n) is 1.89. The van der Waals surface area contributed by atoms with Crippen LogP contribution in [0.5, 0.6) is 0 Å². The molecule has 0 bridgehead atoms. The number of nitrogens with one attached hydrogen (secondary N) is 1. The molecule has 0 fully saturated rings. The molecule has 0 saturated heterocycles. The lowest BCUT2D eigenvalue weighted by molar-refractivity contribution is 0.581. The van der Waals surface area contributed by atoms with Crippen LogP contribution in [-0.4, -0.2) is 8.42 Å². The molecular weight excluding hydrogens is 350 g/mol. The Morgan fingerprint density at radius 3 is 2.14 bits per heavy atom. The van der Waals surface area contributed by atoms with Gasteiger partial charge in [-0.1, -0.05) is 46.3 Å². The quantitative estimate of drug-likeness (QED) is 0.819. The normalized spacial score (nSPS) is 11.6. The van der Waals surface area contributed by atoms with Crippen LogP contribution in [0.2, 0.25) is 0 Å². The summed E-state index contributed by atoms with van der Waals surface area (Å²) in [6.45, 7) is 4.16. The minimum atomic E-state index is -3.47. The molecule has 112 valence electrons. The molecule has 0 heterocycles. The first kappa shape index (κ1) is 16.2. The van der Waals surface area contributed by atoms with Crippen molar-refractivity contribution in [2.45, 2.75) is 30.6 Å². The molecule has 3 nitrogen and oxygen atoms in total. The van der Waals surface area contributed by atoms with E-state index in [1.54, 1.807) is 12.1 Å². The molecule has 0 aliphatic rings. The SMILES string of the molecule is Cc1ccc(S(=O)(=O)NCc2ccc(CBr)cc2)cc1C. The van der Waals surface area contributed by atoms with E-state index < -0.39 is 10.0 Å². The third-order valence-corrected chi connectivity index (χ3v) is 5.48. The number of hydrogen-bond donors (Lipinski definition) is 1. The van der Waals surface area contributed by atoms with E-state index >= 15 is 0 Å². The van der Waals surface area contributed by atoms with Crippen LogP contribution in [0.1, 0.15) is 22.3 Å². The van der Waals surface area contributed by atoms with Crippen molar-refractivity contribution in [3.63, 3.8) is 0 Å². The Balaban J connectivity index is 2.11. The van der Waals surface area contributed by atoms with Crippen LogP contribution in [0.25, 0.3) is 0 Å². The molecule has 1 N–H and O–H groups in total. The number of alkyl halides is 1. The van der Waals surface area contributed by atoms with Gasteiger partial charge in [0, 0.05) is 11.9 Å². The van der Waals surface area contributed by atoms with Gasteiger partial charge in [-0.3, -0.25) is 0 Å². The van der Waals surface area contributed by atoms with Crippen molar-refractivity contribution in [2.24, 2.45) is 0 Å². The topological polar surface area (TPSA) is 46.2 Å². The number of sulfonamides is 1. The van der Waals surface area contributed by atoms with Gasteiger partial charge >= 0.3 is 0 Å². The van der Waals surface area contributed by atoms with E-state index in [0.717, 1.165) is 27.6 Å². The van der Waals surface area contributed by atoms with Crippen LogP contribution in [0.4, 0.5) is 0 Å². The summed E-state index contributed by atoms with van der Waals surface area (Å²) in [4.78, 5) is 0.308. The first-order chi connectivity index (χ1) is 9.92. The van der Waals surface area contributed by atoms with Crippen LogP contribution in [0.15, 0.2) is 47.4 Å². The van der Waals surface area contributed by atoms with Crippen LogP contribution < -0.4 is 4.72 Å². The lowest BCUT2D eigenvalue weighted by Crippen LogP contribution is -2.23. The molecule has 2 rings (SSSR count). The Bertz CT molecular complexity index is 724. The van der Waals surface area contributed by atoms with Gasteiger partial charge in [0.25, 0.3) is 0 Å². The largest absolute Gasteiger partial charge is 0.240 e. The van der Waals surface area contributed by atoms with Gasteiger partial charge in [-0.25, -0.2) is 13.1 Å². The Morgan fingerprint density at radius 2 is 1.57 bits per heavy atom. The summed E-state index contributed by atoms with van der Waals surface area (Å²) >= 11 is 3.38. The lowest BCUT2D eigenvalue weighted by atomic mass is 10.1. The van der Waals surface area contributed by atoms with E-state index in [1.807, 2.05) is 44.2 Å². The molecule has 5 heteroatoms. The standard InChI is InChI=1S/C16H18BrNO2S/c1-12-3-8-16(9-13(12)2)21(19,20)18-11-15-6-4-14(10-17)5-7-15/h3-9,18H,10-11H2,1-2H3. The molecule has 0 saturated carbocycles. The zero-order chi connectivity index (χ0) is 15.5. The van der Waals surface area contributed by atoms with E-state index in [-0.39, 0.29) is 6.54 Å². The summed E-state index contributed by atoms with van der Waals surface area (Å²) in [5.41, 5.74) is 4.15. The number of halogens is 1. The molecule has 0 radical (unpaired) electrons. The van der Waals surface area contributed by atoms with Gasteiger partial charge in [0.15, 0.2) is 0 Å². The maximum absolute atomic E-state index is 12.3. The van der Waals surface area contributed by atoms with Crippen molar-refractivity contribution in [1.29, 1.82) is 0 Å². The van der Waals surface area contributed by atoms with Crippen molar-refractivity contribution in [3.05, 3.63) is 64.7 Å². The zero-order valence-electron chi connectivity index (χ0n) is 12.1. The third kappa shape index (κ3) is 4.15. The van der Waals surface area contributed by atoms with Crippen molar-refractivity contribution in [2.75, 3.05) is 0 Å². The van der Waals surface area contributed by atoms with Crippen LogP contribution in [0, 0.1) is 13.8 Å². The average molecular weight is 368 g/mol. The second-order valence-electron chi connectivity index (χ2n) is 5.02. The number of aryl methyl sites for hydroxylation is 2. The minimum Gasteiger partial charge on any atom is -0.207 e. The van der Waals surface area contributed by atoms with Gasteiger partial charge in [-0.05, 0) is 48.2 Å². The monoisotopic (exact) mass is 367 g/mol. The van der Waals surface area contributed by atoms with E-state index in [4.69, 9.17) is 0 Å². The van der Waals surface area contributed by atoms with Crippen molar-refractivity contribution >= 4 is 26.0 Å². The molecule has 2 aromatic rings. The second kappa shape index (κ2) is 6.73. The maximum atomic E-state index is 12.3. The average Bonchev–Trinajstić information content (AvgIpc) is 2.48. The van der Waals surface area contributed by atoms with Crippen LogP contribution in [-0.2, 0) is 21.9 Å². The van der Waals surface area contributed by atoms with Crippen LogP contribution in [0.3, 0.4) is 0 Å². The molecular formula is C16H18BrNO2S. The summed E-state index contributed by atoms with van der Waals surface area (Å²) < 4.78 is 27.2. The zero-order valence-corrected chi connectivity index (χ0v) is 14.5.